The molecule has 3 aliphatic rings. The van der Waals surface area contributed by atoms with Gasteiger partial charge in [0.1, 0.15) is 16.5 Å². The smallest absolute Gasteiger partial charge is 0.146 e. The van der Waals surface area contributed by atoms with Crippen LogP contribution in [-0.4, -0.2) is 47.2 Å². The van der Waals surface area contributed by atoms with Crippen molar-refractivity contribution in [3.05, 3.63) is 16.3 Å². The number of aryl methyl sites for hydroxylation is 2. The number of anilines is 1. The molecule has 0 unspecified atom stereocenters. The number of fused-ring (bicyclic) bond motifs is 3. The highest BCUT2D eigenvalue weighted by Crippen LogP contribution is 2.39. The Kier molecular flexibility index (Phi) is 5.05. The molecule has 1 aliphatic carbocycles. The van der Waals surface area contributed by atoms with E-state index in [1.807, 2.05) is 11.3 Å². The fourth-order valence-corrected chi connectivity index (χ4v) is 5.95. The van der Waals surface area contributed by atoms with Crippen molar-refractivity contribution in [2.24, 2.45) is 5.92 Å². The Morgan fingerprint density at radius 1 is 1.15 bits per heavy atom. The normalized spacial score (nSPS) is 24.0. The standard InChI is InChI=1S/C21H30N4OS/c1-14-7-9-25(10-8-14)13-18-23-20(22-12-15-4-3-11-26-15)19-16-5-2-6-17(16)27-21(19)24-18/h14-15H,2-13H2,1H3,(H,22,23,24)/t15-/m0/s1. The van der Waals surface area contributed by atoms with Gasteiger partial charge >= 0.3 is 0 Å². The molecule has 6 heteroatoms. The molecule has 0 radical (unpaired) electrons. The van der Waals surface area contributed by atoms with Crippen molar-refractivity contribution in [1.29, 1.82) is 0 Å². The highest BCUT2D eigenvalue weighted by Gasteiger charge is 2.24. The molecule has 2 aromatic heterocycles. The number of hydrogen-bond acceptors (Lipinski definition) is 6. The average molecular weight is 387 g/mol. The van der Waals surface area contributed by atoms with Crippen molar-refractivity contribution in [3.8, 4) is 0 Å². The molecule has 2 saturated heterocycles. The quantitative estimate of drug-likeness (QED) is 0.842. The first-order valence-corrected chi connectivity index (χ1v) is 11.5. The minimum absolute atomic E-state index is 0.328. The maximum atomic E-state index is 5.81. The third kappa shape index (κ3) is 3.71. The van der Waals surface area contributed by atoms with Crippen LogP contribution >= 0.6 is 11.3 Å². The number of likely N-dealkylation sites (tertiary alicyclic amines) is 1. The first-order chi connectivity index (χ1) is 13.3. The zero-order valence-electron chi connectivity index (χ0n) is 16.3. The van der Waals surface area contributed by atoms with Crippen LogP contribution in [-0.2, 0) is 24.1 Å². The predicted molar refractivity (Wildman–Crippen MR) is 111 cm³/mol. The van der Waals surface area contributed by atoms with E-state index in [9.17, 15) is 0 Å². The summed E-state index contributed by atoms with van der Waals surface area (Å²) in [5.41, 5.74) is 1.50. The van der Waals surface area contributed by atoms with Gasteiger partial charge in [0.05, 0.1) is 18.0 Å². The second kappa shape index (κ2) is 7.64. The van der Waals surface area contributed by atoms with Gasteiger partial charge in [-0.2, -0.15) is 0 Å². The van der Waals surface area contributed by atoms with Gasteiger partial charge in [0, 0.05) is 18.0 Å². The van der Waals surface area contributed by atoms with Gasteiger partial charge in [0.25, 0.3) is 0 Å². The lowest BCUT2D eigenvalue weighted by Crippen LogP contribution is -2.33. The van der Waals surface area contributed by atoms with E-state index in [4.69, 9.17) is 14.7 Å². The first kappa shape index (κ1) is 17.8. The fourth-order valence-electron chi connectivity index (χ4n) is 4.67. The Morgan fingerprint density at radius 2 is 2.04 bits per heavy atom. The maximum absolute atomic E-state index is 5.81. The summed E-state index contributed by atoms with van der Waals surface area (Å²) in [6, 6.07) is 0. The van der Waals surface area contributed by atoms with Crippen LogP contribution in [0.1, 0.15) is 55.3 Å². The molecule has 0 amide bonds. The molecule has 2 fully saturated rings. The zero-order valence-corrected chi connectivity index (χ0v) is 17.1. The van der Waals surface area contributed by atoms with Crippen molar-refractivity contribution in [2.45, 2.75) is 64.5 Å². The number of nitrogens with zero attached hydrogens (tertiary/aromatic N) is 3. The van der Waals surface area contributed by atoms with Gasteiger partial charge in [-0.25, -0.2) is 9.97 Å². The summed E-state index contributed by atoms with van der Waals surface area (Å²) >= 11 is 1.89. The topological polar surface area (TPSA) is 50.3 Å². The van der Waals surface area contributed by atoms with E-state index in [0.29, 0.717) is 6.10 Å². The van der Waals surface area contributed by atoms with Gasteiger partial charge in [-0.3, -0.25) is 4.90 Å². The van der Waals surface area contributed by atoms with Gasteiger partial charge < -0.3 is 10.1 Å². The molecule has 1 atom stereocenters. The Hall–Kier alpha value is -1.24. The Balaban J connectivity index is 1.41. The van der Waals surface area contributed by atoms with E-state index < -0.39 is 0 Å². The minimum atomic E-state index is 0.328. The van der Waals surface area contributed by atoms with Crippen LogP contribution in [0.25, 0.3) is 10.2 Å². The zero-order chi connectivity index (χ0) is 18.2. The molecular formula is C21H30N4OS. The number of thiophene rings is 1. The van der Waals surface area contributed by atoms with E-state index in [-0.39, 0.29) is 0 Å². The fraction of sp³-hybridized carbons (Fsp3) is 0.714. The van der Waals surface area contributed by atoms with Crippen molar-refractivity contribution in [1.82, 2.24) is 14.9 Å². The lowest BCUT2D eigenvalue weighted by atomic mass is 9.99. The number of ether oxygens (including phenoxy) is 1. The Labute approximate surface area is 165 Å². The number of aromatic nitrogens is 2. The molecule has 0 bridgehead atoms. The molecule has 5 rings (SSSR count). The van der Waals surface area contributed by atoms with Crippen LogP contribution in [0, 0.1) is 5.92 Å². The number of rotatable bonds is 5. The van der Waals surface area contributed by atoms with Crippen LogP contribution in [0.5, 0.6) is 0 Å². The molecule has 5 nitrogen and oxygen atoms in total. The van der Waals surface area contributed by atoms with Gasteiger partial charge in [-0.05, 0) is 69.5 Å². The van der Waals surface area contributed by atoms with Crippen LogP contribution in [0.2, 0.25) is 0 Å². The monoisotopic (exact) mass is 386 g/mol. The third-order valence-corrected chi connectivity index (χ3v) is 7.56. The van der Waals surface area contributed by atoms with Crippen LogP contribution in [0.4, 0.5) is 5.82 Å². The molecule has 1 N–H and O–H groups in total. The van der Waals surface area contributed by atoms with E-state index in [1.165, 1.54) is 72.3 Å². The third-order valence-electron chi connectivity index (χ3n) is 6.37. The Bertz CT molecular complexity index is 806. The van der Waals surface area contributed by atoms with Gasteiger partial charge in [-0.1, -0.05) is 6.92 Å². The summed E-state index contributed by atoms with van der Waals surface area (Å²) in [7, 11) is 0. The molecule has 0 aromatic carbocycles. The molecule has 2 aromatic rings. The highest BCUT2D eigenvalue weighted by atomic mass is 32.1. The van der Waals surface area contributed by atoms with Crippen molar-refractivity contribution in [2.75, 3.05) is 31.6 Å². The predicted octanol–water partition coefficient (Wildman–Crippen LogP) is 4.00. The number of hydrogen-bond donors (Lipinski definition) is 1. The molecule has 146 valence electrons. The molecular weight excluding hydrogens is 356 g/mol. The highest BCUT2D eigenvalue weighted by molar-refractivity contribution is 7.19. The lowest BCUT2D eigenvalue weighted by molar-refractivity contribution is 0.120. The van der Waals surface area contributed by atoms with Gasteiger partial charge in [0.15, 0.2) is 0 Å². The molecule has 4 heterocycles. The van der Waals surface area contributed by atoms with E-state index >= 15 is 0 Å². The summed E-state index contributed by atoms with van der Waals surface area (Å²) in [6.07, 6.45) is 8.90. The second-order valence-electron chi connectivity index (χ2n) is 8.50. The Morgan fingerprint density at radius 3 is 2.85 bits per heavy atom. The van der Waals surface area contributed by atoms with E-state index in [2.05, 4.69) is 17.1 Å². The maximum Gasteiger partial charge on any atom is 0.146 e. The average Bonchev–Trinajstić information content (AvgIpc) is 3.38. The minimum Gasteiger partial charge on any atom is -0.376 e. The number of piperidine rings is 1. The van der Waals surface area contributed by atoms with Crippen molar-refractivity contribution >= 4 is 27.4 Å². The summed E-state index contributed by atoms with van der Waals surface area (Å²) in [4.78, 5) is 15.2. The van der Waals surface area contributed by atoms with Gasteiger partial charge in [-0.15, -0.1) is 11.3 Å². The van der Waals surface area contributed by atoms with Crippen molar-refractivity contribution in [3.63, 3.8) is 0 Å². The van der Waals surface area contributed by atoms with Crippen LogP contribution in [0.3, 0.4) is 0 Å². The summed E-state index contributed by atoms with van der Waals surface area (Å²) in [5.74, 6) is 2.88. The molecule has 0 spiro atoms. The van der Waals surface area contributed by atoms with Crippen molar-refractivity contribution < 1.29 is 4.74 Å². The van der Waals surface area contributed by atoms with E-state index in [0.717, 1.165) is 43.7 Å². The molecule has 27 heavy (non-hydrogen) atoms. The summed E-state index contributed by atoms with van der Waals surface area (Å²) < 4.78 is 5.81. The van der Waals surface area contributed by atoms with Gasteiger partial charge in [0.2, 0.25) is 0 Å². The summed E-state index contributed by atoms with van der Waals surface area (Å²) in [6.45, 7) is 7.33. The summed E-state index contributed by atoms with van der Waals surface area (Å²) in [5, 5.41) is 4.94. The number of nitrogens with one attached hydrogen (secondary N) is 1. The molecule has 2 aliphatic heterocycles. The lowest BCUT2D eigenvalue weighted by Gasteiger charge is -2.29. The first-order valence-electron chi connectivity index (χ1n) is 10.7. The molecule has 0 saturated carbocycles. The van der Waals surface area contributed by atoms with Crippen LogP contribution < -0.4 is 5.32 Å². The second-order valence-corrected chi connectivity index (χ2v) is 9.58. The van der Waals surface area contributed by atoms with Crippen LogP contribution in [0.15, 0.2) is 0 Å². The van der Waals surface area contributed by atoms with E-state index in [1.54, 1.807) is 0 Å². The SMILES string of the molecule is CC1CCN(Cc2nc(NC[C@@H]3CCCO3)c3c4c(sc3n2)CCC4)CC1. The largest absolute Gasteiger partial charge is 0.376 e.